The predicted molar refractivity (Wildman–Crippen MR) is 128 cm³/mol. The van der Waals surface area contributed by atoms with Crippen molar-refractivity contribution in [1.29, 1.82) is 0 Å². The molecule has 0 atom stereocenters. The van der Waals surface area contributed by atoms with Crippen LogP contribution in [0.2, 0.25) is 0 Å². The summed E-state index contributed by atoms with van der Waals surface area (Å²) in [6.45, 7) is 2.04. The van der Waals surface area contributed by atoms with Crippen LogP contribution in [0.5, 0.6) is 0 Å². The van der Waals surface area contributed by atoms with Gasteiger partial charge in [0.1, 0.15) is 6.61 Å². The number of unbranched alkanes of at least 4 members (excludes halogenated alkanes) is 9. The van der Waals surface area contributed by atoms with E-state index in [1.165, 1.54) is 0 Å². The van der Waals surface area contributed by atoms with Gasteiger partial charge in [0.05, 0.1) is 19.8 Å². The van der Waals surface area contributed by atoms with Gasteiger partial charge in [-0.2, -0.15) is 0 Å². The highest BCUT2D eigenvalue weighted by Crippen LogP contribution is 2.09. The molecule has 0 aromatic rings. The van der Waals surface area contributed by atoms with Crippen molar-refractivity contribution in [2.45, 2.75) is 89.9 Å². The fourth-order valence-corrected chi connectivity index (χ4v) is 3.22. The van der Waals surface area contributed by atoms with Crippen molar-refractivity contribution in [2.75, 3.05) is 39.5 Å². The van der Waals surface area contributed by atoms with E-state index in [9.17, 15) is 19.2 Å². The summed E-state index contributed by atoms with van der Waals surface area (Å²) in [6, 6.07) is 0. The summed E-state index contributed by atoms with van der Waals surface area (Å²) in [4.78, 5) is 44.1. The van der Waals surface area contributed by atoms with E-state index in [0.29, 0.717) is 52.2 Å². The van der Waals surface area contributed by atoms with Crippen LogP contribution >= 0.6 is 0 Å². The van der Waals surface area contributed by atoms with E-state index in [1.54, 1.807) is 0 Å². The molecule has 0 aliphatic rings. The van der Waals surface area contributed by atoms with E-state index in [-0.39, 0.29) is 31.3 Å². The van der Waals surface area contributed by atoms with Crippen molar-refractivity contribution in [3.63, 3.8) is 0 Å². The molecule has 34 heavy (non-hydrogen) atoms. The van der Waals surface area contributed by atoms with Gasteiger partial charge in [-0.1, -0.05) is 44.9 Å². The molecule has 0 aromatic carbocycles. The van der Waals surface area contributed by atoms with E-state index >= 15 is 0 Å². The highest BCUT2D eigenvalue weighted by atomic mass is 16.5. The molecule has 2 amide bonds. The Balaban J connectivity index is 3.28. The van der Waals surface area contributed by atoms with Crippen LogP contribution in [0.25, 0.3) is 0 Å². The highest BCUT2D eigenvalue weighted by molar-refractivity contribution is 5.77. The minimum atomic E-state index is -0.812. The molecule has 4 N–H and O–H groups in total. The summed E-state index contributed by atoms with van der Waals surface area (Å²) in [5.41, 5.74) is 0. The van der Waals surface area contributed by atoms with E-state index in [1.807, 2.05) is 0 Å². The number of carbonyl (C=O) groups excluding carboxylic acids is 2. The Bertz CT molecular complexity index is 557. The molecule has 0 unspecified atom stereocenters. The molecule has 0 saturated heterocycles. The van der Waals surface area contributed by atoms with Crippen LogP contribution in [0.15, 0.2) is 0 Å². The first-order valence-corrected chi connectivity index (χ1v) is 12.5. The number of aliphatic carboxylic acids is 2. The third-order valence-electron chi connectivity index (χ3n) is 5.11. The second-order valence-electron chi connectivity index (χ2n) is 8.29. The number of ether oxygens (including phenoxy) is 2. The van der Waals surface area contributed by atoms with Gasteiger partial charge in [-0.25, -0.2) is 0 Å². The topological polar surface area (TPSA) is 151 Å². The Morgan fingerprint density at radius 3 is 1.59 bits per heavy atom. The summed E-state index contributed by atoms with van der Waals surface area (Å²) in [7, 11) is 0. The maximum Gasteiger partial charge on any atom is 0.303 e. The third-order valence-corrected chi connectivity index (χ3v) is 5.11. The Hall–Kier alpha value is -2.20. The molecule has 198 valence electrons. The van der Waals surface area contributed by atoms with Gasteiger partial charge in [0, 0.05) is 32.4 Å². The van der Waals surface area contributed by atoms with Gasteiger partial charge in [-0.15, -0.1) is 0 Å². The predicted octanol–water partition coefficient (Wildman–Crippen LogP) is 2.88. The minimum Gasteiger partial charge on any atom is -0.481 e. The number of carboxylic acids is 2. The number of amides is 2. The second kappa shape index (κ2) is 23.9. The summed E-state index contributed by atoms with van der Waals surface area (Å²) < 4.78 is 10.6. The van der Waals surface area contributed by atoms with Gasteiger partial charge in [0.15, 0.2) is 0 Å². The van der Waals surface area contributed by atoms with Gasteiger partial charge in [0.25, 0.3) is 0 Å². The number of nitrogens with one attached hydrogen (secondary N) is 2. The lowest BCUT2D eigenvalue weighted by molar-refractivity contribution is -0.138. The standard InChI is InChI=1S/C24H44N2O8/c27-21(12-8-7-10-14-24(31)32)26-16-17-33-18-19-34-20-22(28)25-15-11-6-4-2-1-3-5-9-13-23(29)30/h1-20H2,(H,25,28)(H,26,27)(H,29,30)(H,31,32). The molecule has 0 radical (unpaired) electrons. The van der Waals surface area contributed by atoms with E-state index in [0.717, 1.165) is 57.8 Å². The average molecular weight is 489 g/mol. The average Bonchev–Trinajstić information content (AvgIpc) is 2.78. The molecule has 0 rings (SSSR count). The van der Waals surface area contributed by atoms with Crippen LogP contribution < -0.4 is 10.6 Å². The number of hydrogen-bond acceptors (Lipinski definition) is 6. The highest BCUT2D eigenvalue weighted by Gasteiger charge is 2.03. The van der Waals surface area contributed by atoms with E-state index in [4.69, 9.17) is 19.7 Å². The van der Waals surface area contributed by atoms with Crippen LogP contribution in [0, 0.1) is 0 Å². The van der Waals surface area contributed by atoms with Gasteiger partial charge in [-0.05, 0) is 25.7 Å². The van der Waals surface area contributed by atoms with Crippen LogP contribution in [0.1, 0.15) is 89.9 Å². The van der Waals surface area contributed by atoms with Crippen molar-refractivity contribution in [3.8, 4) is 0 Å². The smallest absolute Gasteiger partial charge is 0.303 e. The van der Waals surface area contributed by atoms with Crippen molar-refractivity contribution in [3.05, 3.63) is 0 Å². The molecule has 0 aliphatic heterocycles. The quantitative estimate of drug-likeness (QED) is 0.143. The molecule has 10 heteroatoms. The summed E-state index contributed by atoms with van der Waals surface area (Å²) in [5, 5.41) is 22.7. The van der Waals surface area contributed by atoms with Crippen molar-refractivity contribution < 1.29 is 38.9 Å². The Morgan fingerprint density at radius 2 is 0.971 bits per heavy atom. The fourth-order valence-electron chi connectivity index (χ4n) is 3.22. The van der Waals surface area contributed by atoms with Gasteiger partial charge < -0.3 is 30.3 Å². The molecule has 10 nitrogen and oxygen atoms in total. The van der Waals surface area contributed by atoms with Crippen LogP contribution in [0.4, 0.5) is 0 Å². The molecule has 0 aromatic heterocycles. The molecule has 0 fully saturated rings. The van der Waals surface area contributed by atoms with Crippen molar-refractivity contribution in [2.24, 2.45) is 0 Å². The molecule has 0 aliphatic carbocycles. The first kappa shape index (κ1) is 31.8. The van der Waals surface area contributed by atoms with Crippen molar-refractivity contribution in [1.82, 2.24) is 10.6 Å². The van der Waals surface area contributed by atoms with Crippen LogP contribution in [0.3, 0.4) is 0 Å². The summed E-state index contributed by atoms with van der Waals surface area (Å²) in [6.07, 6.45) is 11.0. The van der Waals surface area contributed by atoms with Gasteiger partial charge in [0.2, 0.25) is 11.8 Å². The first-order valence-electron chi connectivity index (χ1n) is 12.5. The molecular weight excluding hydrogens is 444 g/mol. The van der Waals surface area contributed by atoms with Crippen LogP contribution in [-0.4, -0.2) is 73.5 Å². The number of carbonyl (C=O) groups is 4. The number of carboxylic acid groups (broad SMARTS) is 2. The Kier molecular flexibility index (Phi) is 22.4. The summed E-state index contributed by atoms with van der Waals surface area (Å²) in [5.74, 6) is -1.75. The lowest BCUT2D eigenvalue weighted by Crippen LogP contribution is -2.29. The SMILES string of the molecule is O=C(O)CCCCCCCCCCNC(=O)COCCOCCNC(=O)CCCCCC(=O)O. The van der Waals surface area contributed by atoms with Gasteiger partial charge >= 0.3 is 11.9 Å². The molecule has 0 spiro atoms. The summed E-state index contributed by atoms with van der Waals surface area (Å²) >= 11 is 0. The zero-order valence-electron chi connectivity index (χ0n) is 20.5. The first-order chi connectivity index (χ1) is 16.4. The normalized spacial score (nSPS) is 10.7. The number of hydrogen-bond donors (Lipinski definition) is 4. The zero-order valence-corrected chi connectivity index (χ0v) is 20.5. The van der Waals surface area contributed by atoms with E-state index in [2.05, 4.69) is 10.6 Å². The van der Waals surface area contributed by atoms with Crippen LogP contribution in [-0.2, 0) is 28.7 Å². The minimum absolute atomic E-state index is 0.00167. The third kappa shape index (κ3) is 26.1. The maximum atomic E-state index is 11.7. The fraction of sp³-hybridized carbons (Fsp3) is 0.833. The zero-order chi connectivity index (χ0) is 25.3. The van der Waals surface area contributed by atoms with Gasteiger partial charge in [-0.3, -0.25) is 19.2 Å². The molecule has 0 heterocycles. The molecule has 0 bridgehead atoms. The maximum absolute atomic E-state index is 11.7. The van der Waals surface area contributed by atoms with Crippen molar-refractivity contribution >= 4 is 23.8 Å². The monoisotopic (exact) mass is 488 g/mol. The van der Waals surface area contributed by atoms with E-state index < -0.39 is 11.9 Å². The lowest BCUT2D eigenvalue weighted by Gasteiger charge is -2.08. The largest absolute Gasteiger partial charge is 0.481 e. The number of rotatable bonds is 25. The molecule has 0 saturated carbocycles. The lowest BCUT2D eigenvalue weighted by atomic mass is 10.1. The molecular formula is C24H44N2O8. The Labute approximate surface area is 203 Å². The second-order valence-corrected chi connectivity index (χ2v) is 8.29. The Morgan fingerprint density at radius 1 is 0.500 bits per heavy atom.